The molecular weight excluding hydrogens is 238 g/mol. The van der Waals surface area contributed by atoms with Gasteiger partial charge in [-0.25, -0.2) is 0 Å². The standard InChI is InChI=1S/C15H31N3O/c1-3-18(12-14-11-17(2)8-9-19-14)15-7-5-4-6-13(15)10-16/h13-15H,3-12,16H2,1-2H3. The Kier molecular flexibility index (Phi) is 6.07. The van der Waals surface area contributed by atoms with Crippen molar-refractivity contribution in [1.29, 1.82) is 0 Å². The molecule has 0 bridgehead atoms. The number of ether oxygens (including phenoxy) is 1. The van der Waals surface area contributed by atoms with Crippen molar-refractivity contribution in [2.24, 2.45) is 11.7 Å². The summed E-state index contributed by atoms with van der Waals surface area (Å²) in [6.07, 6.45) is 5.72. The fourth-order valence-corrected chi connectivity index (χ4v) is 3.68. The summed E-state index contributed by atoms with van der Waals surface area (Å²) in [4.78, 5) is 5.00. The quantitative estimate of drug-likeness (QED) is 0.813. The number of nitrogens with two attached hydrogens (primary N) is 1. The first-order valence-corrected chi connectivity index (χ1v) is 7.98. The lowest BCUT2D eigenvalue weighted by Gasteiger charge is -2.42. The third-order valence-corrected chi connectivity index (χ3v) is 4.83. The van der Waals surface area contributed by atoms with Crippen molar-refractivity contribution < 1.29 is 4.74 Å². The smallest absolute Gasteiger partial charge is 0.0829 e. The summed E-state index contributed by atoms with van der Waals surface area (Å²) in [6.45, 7) is 8.31. The fraction of sp³-hybridized carbons (Fsp3) is 1.00. The van der Waals surface area contributed by atoms with E-state index in [1.165, 1.54) is 25.7 Å². The molecule has 0 aromatic heterocycles. The molecule has 1 aliphatic heterocycles. The monoisotopic (exact) mass is 269 g/mol. The van der Waals surface area contributed by atoms with Crippen LogP contribution < -0.4 is 5.73 Å². The van der Waals surface area contributed by atoms with Crippen LogP contribution in [0, 0.1) is 5.92 Å². The third-order valence-electron chi connectivity index (χ3n) is 4.83. The van der Waals surface area contributed by atoms with Gasteiger partial charge < -0.3 is 15.4 Å². The van der Waals surface area contributed by atoms with Crippen molar-refractivity contribution in [3.8, 4) is 0 Å². The van der Waals surface area contributed by atoms with Crippen LogP contribution in [-0.4, -0.2) is 68.3 Å². The lowest BCUT2D eigenvalue weighted by atomic mass is 9.83. The first-order valence-electron chi connectivity index (χ1n) is 7.98. The zero-order valence-electron chi connectivity index (χ0n) is 12.7. The van der Waals surface area contributed by atoms with Gasteiger partial charge in [-0.2, -0.15) is 0 Å². The minimum atomic E-state index is 0.374. The number of rotatable bonds is 5. The maximum Gasteiger partial charge on any atom is 0.0829 e. The molecule has 1 saturated heterocycles. The van der Waals surface area contributed by atoms with Gasteiger partial charge in [-0.3, -0.25) is 4.90 Å². The van der Waals surface area contributed by atoms with E-state index >= 15 is 0 Å². The van der Waals surface area contributed by atoms with Crippen molar-refractivity contribution in [3.05, 3.63) is 0 Å². The molecule has 2 N–H and O–H groups in total. The van der Waals surface area contributed by atoms with Crippen LogP contribution in [0.5, 0.6) is 0 Å². The molecule has 1 heterocycles. The van der Waals surface area contributed by atoms with Crippen LogP contribution in [0.25, 0.3) is 0 Å². The molecule has 2 aliphatic rings. The lowest BCUT2D eigenvalue weighted by molar-refractivity contribution is -0.0469. The molecule has 0 radical (unpaired) electrons. The van der Waals surface area contributed by atoms with Crippen LogP contribution in [-0.2, 0) is 4.74 Å². The van der Waals surface area contributed by atoms with E-state index in [1.807, 2.05) is 0 Å². The number of likely N-dealkylation sites (N-methyl/N-ethyl adjacent to an activating group) is 2. The van der Waals surface area contributed by atoms with E-state index < -0.39 is 0 Å². The zero-order chi connectivity index (χ0) is 13.7. The summed E-state index contributed by atoms with van der Waals surface area (Å²) in [7, 11) is 2.19. The van der Waals surface area contributed by atoms with Crippen molar-refractivity contribution in [3.63, 3.8) is 0 Å². The number of hydrogen-bond donors (Lipinski definition) is 1. The molecule has 19 heavy (non-hydrogen) atoms. The first kappa shape index (κ1) is 15.2. The molecule has 3 atom stereocenters. The second-order valence-corrected chi connectivity index (χ2v) is 6.19. The minimum Gasteiger partial charge on any atom is -0.374 e. The van der Waals surface area contributed by atoms with Gasteiger partial charge in [-0.05, 0) is 38.9 Å². The van der Waals surface area contributed by atoms with Crippen molar-refractivity contribution >= 4 is 0 Å². The van der Waals surface area contributed by atoms with Crippen molar-refractivity contribution in [2.75, 3.05) is 46.4 Å². The summed E-state index contributed by atoms with van der Waals surface area (Å²) in [6, 6.07) is 0.680. The van der Waals surface area contributed by atoms with Crippen LogP contribution in [0.4, 0.5) is 0 Å². The van der Waals surface area contributed by atoms with Crippen molar-refractivity contribution in [1.82, 2.24) is 9.80 Å². The van der Waals surface area contributed by atoms with Gasteiger partial charge >= 0.3 is 0 Å². The molecule has 0 aromatic carbocycles. The largest absolute Gasteiger partial charge is 0.374 e. The fourth-order valence-electron chi connectivity index (χ4n) is 3.68. The molecule has 2 fully saturated rings. The van der Waals surface area contributed by atoms with E-state index in [4.69, 9.17) is 10.5 Å². The molecule has 0 amide bonds. The Bertz CT molecular complexity index is 262. The molecule has 1 aliphatic carbocycles. The molecule has 3 unspecified atom stereocenters. The second-order valence-electron chi connectivity index (χ2n) is 6.19. The molecule has 0 aromatic rings. The summed E-state index contributed by atoms with van der Waals surface area (Å²) in [5, 5.41) is 0. The van der Waals surface area contributed by atoms with Crippen LogP contribution in [0.3, 0.4) is 0 Å². The maximum absolute atomic E-state index is 5.98. The van der Waals surface area contributed by atoms with Crippen LogP contribution in [0.2, 0.25) is 0 Å². The van der Waals surface area contributed by atoms with Gasteiger partial charge in [0.05, 0.1) is 12.7 Å². The molecule has 4 heteroatoms. The van der Waals surface area contributed by atoms with E-state index in [1.54, 1.807) is 0 Å². The van der Waals surface area contributed by atoms with E-state index in [-0.39, 0.29) is 0 Å². The zero-order valence-corrected chi connectivity index (χ0v) is 12.7. The van der Waals surface area contributed by atoms with Gasteiger partial charge in [0.2, 0.25) is 0 Å². The Labute approximate surface area is 118 Å². The average molecular weight is 269 g/mol. The minimum absolute atomic E-state index is 0.374. The topological polar surface area (TPSA) is 41.7 Å². The summed E-state index contributed by atoms with van der Waals surface area (Å²) in [5.41, 5.74) is 5.98. The highest BCUT2D eigenvalue weighted by Crippen LogP contribution is 2.28. The summed E-state index contributed by atoms with van der Waals surface area (Å²) < 4.78 is 5.93. The van der Waals surface area contributed by atoms with Crippen LogP contribution in [0.15, 0.2) is 0 Å². The summed E-state index contributed by atoms with van der Waals surface area (Å²) >= 11 is 0. The van der Waals surface area contributed by atoms with Crippen LogP contribution in [0.1, 0.15) is 32.6 Å². The highest BCUT2D eigenvalue weighted by molar-refractivity contribution is 4.85. The van der Waals surface area contributed by atoms with Crippen LogP contribution >= 0.6 is 0 Å². The highest BCUT2D eigenvalue weighted by Gasteiger charge is 2.30. The van der Waals surface area contributed by atoms with Gasteiger partial charge in [-0.15, -0.1) is 0 Å². The van der Waals surface area contributed by atoms with E-state index in [9.17, 15) is 0 Å². The molecular formula is C15H31N3O. The highest BCUT2D eigenvalue weighted by atomic mass is 16.5. The number of hydrogen-bond acceptors (Lipinski definition) is 4. The van der Waals surface area contributed by atoms with E-state index in [0.29, 0.717) is 18.1 Å². The Morgan fingerprint density at radius 3 is 2.79 bits per heavy atom. The predicted molar refractivity (Wildman–Crippen MR) is 79.3 cm³/mol. The molecule has 2 rings (SSSR count). The Morgan fingerprint density at radius 2 is 2.11 bits per heavy atom. The number of nitrogens with zero attached hydrogens (tertiary/aromatic N) is 2. The van der Waals surface area contributed by atoms with E-state index in [2.05, 4.69) is 23.8 Å². The van der Waals surface area contributed by atoms with Gasteiger partial charge in [-0.1, -0.05) is 19.8 Å². The SMILES string of the molecule is CCN(CC1CN(C)CCO1)C1CCCCC1CN. The molecule has 0 spiro atoms. The normalized spacial score (nSPS) is 33.8. The van der Waals surface area contributed by atoms with Gasteiger partial charge in [0.15, 0.2) is 0 Å². The van der Waals surface area contributed by atoms with Gasteiger partial charge in [0.1, 0.15) is 0 Å². The molecule has 1 saturated carbocycles. The van der Waals surface area contributed by atoms with Crippen molar-refractivity contribution in [2.45, 2.75) is 44.8 Å². The Morgan fingerprint density at radius 1 is 1.32 bits per heavy atom. The third kappa shape index (κ3) is 4.15. The summed E-state index contributed by atoms with van der Waals surface area (Å²) in [5.74, 6) is 0.690. The number of morpholine rings is 1. The first-order chi connectivity index (χ1) is 9.24. The van der Waals surface area contributed by atoms with Gasteiger partial charge in [0, 0.05) is 25.7 Å². The Hall–Kier alpha value is -0.160. The molecule has 112 valence electrons. The average Bonchev–Trinajstić information content (AvgIpc) is 2.45. The second kappa shape index (κ2) is 7.58. The van der Waals surface area contributed by atoms with Gasteiger partial charge in [0.25, 0.3) is 0 Å². The Balaban J connectivity index is 1.90. The van der Waals surface area contributed by atoms with E-state index in [0.717, 1.165) is 39.3 Å². The maximum atomic E-state index is 5.98. The lowest BCUT2D eigenvalue weighted by Crippen LogP contribution is -2.51. The predicted octanol–water partition coefficient (Wildman–Crippen LogP) is 1.16. The molecule has 4 nitrogen and oxygen atoms in total.